The Hall–Kier alpha value is -3.81. The van der Waals surface area contributed by atoms with Crippen molar-refractivity contribution in [3.8, 4) is 16.9 Å². The molecule has 2 heterocycles. The van der Waals surface area contributed by atoms with E-state index < -0.39 is 30.1 Å². The van der Waals surface area contributed by atoms with Crippen molar-refractivity contribution in [3.05, 3.63) is 87.3 Å². The number of halogens is 2. The number of carbonyl (C=O) groups is 1. The van der Waals surface area contributed by atoms with Crippen LogP contribution in [0, 0.1) is 11.6 Å². The molecular weight excluding hydrogens is 406 g/mol. The van der Waals surface area contributed by atoms with E-state index in [1.165, 1.54) is 23.8 Å². The molecule has 1 aliphatic rings. The van der Waals surface area contributed by atoms with E-state index >= 15 is 0 Å². The lowest BCUT2D eigenvalue weighted by Gasteiger charge is -2.15. The predicted molar refractivity (Wildman–Crippen MR) is 111 cm³/mol. The third kappa shape index (κ3) is 3.61. The number of hydrogen-bond acceptors (Lipinski definition) is 4. The van der Waals surface area contributed by atoms with E-state index in [4.69, 9.17) is 4.74 Å². The number of carboxylic acid groups (broad SMARTS) is 1. The fraction of sp³-hybridized carbons (Fsp3) is 0.174. The second-order valence-corrected chi connectivity index (χ2v) is 7.19. The maximum atomic E-state index is 14.8. The van der Waals surface area contributed by atoms with E-state index in [2.05, 4.69) is 4.99 Å². The van der Waals surface area contributed by atoms with Crippen LogP contribution in [0.25, 0.3) is 11.1 Å². The van der Waals surface area contributed by atoms with Gasteiger partial charge in [-0.15, -0.1) is 0 Å². The molecule has 2 aromatic carbocycles. The van der Waals surface area contributed by atoms with E-state index in [0.29, 0.717) is 28.0 Å². The Kier molecular flexibility index (Phi) is 5.14. The Morgan fingerprint density at radius 1 is 1.13 bits per heavy atom. The van der Waals surface area contributed by atoms with Gasteiger partial charge in [0.25, 0.3) is 5.56 Å². The van der Waals surface area contributed by atoms with Crippen LogP contribution in [0.3, 0.4) is 0 Å². The van der Waals surface area contributed by atoms with Crippen LogP contribution in [-0.2, 0) is 11.8 Å². The molecule has 0 spiro atoms. The smallest absolute Gasteiger partial charge is 0.305 e. The van der Waals surface area contributed by atoms with E-state index in [1.54, 1.807) is 31.4 Å². The summed E-state index contributed by atoms with van der Waals surface area (Å²) in [6, 6.07) is 8.75. The molecule has 1 aliphatic heterocycles. The highest BCUT2D eigenvalue weighted by Crippen LogP contribution is 2.40. The Balaban J connectivity index is 2.13. The molecule has 0 aliphatic carbocycles. The van der Waals surface area contributed by atoms with E-state index in [9.17, 15) is 23.5 Å². The number of aryl methyl sites for hydroxylation is 1. The molecule has 0 bridgehead atoms. The average molecular weight is 424 g/mol. The number of ether oxygens (including phenoxy) is 1. The van der Waals surface area contributed by atoms with Gasteiger partial charge in [0.2, 0.25) is 0 Å². The first-order valence-electron chi connectivity index (χ1n) is 9.43. The lowest BCUT2D eigenvalue weighted by atomic mass is 9.91. The summed E-state index contributed by atoms with van der Waals surface area (Å²) in [5, 5.41) is 9.45. The zero-order valence-electron chi connectivity index (χ0n) is 16.7. The summed E-state index contributed by atoms with van der Waals surface area (Å²) in [4.78, 5) is 28.4. The van der Waals surface area contributed by atoms with Crippen LogP contribution < -0.4 is 10.3 Å². The molecule has 4 rings (SSSR count). The number of fused-ring (bicyclic) bond motifs is 3. The largest absolute Gasteiger partial charge is 0.497 e. The Labute approximate surface area is 176 Å². The monoisotopic (exact) mass is 424 g/mol. The molecule has 1 unspecified atom stereocenters. The zero-order chi connectivity index (χ0) is 22.3. The highest BCUT2D eigenvalue weighted by atomic mass is 19.1. The number of hydrogen-bond donors (Lipinski definition) is 1. The van der Waals surface area contributed by atoms with Gasteiger partial charge in [0.1, 0.15) is 17.4 Å². The quantitative estimate of drug-likeness (QED) is 0.693. The number of aliphatic carboxylic acids is 1. The molecule has 158 valence electrons. The van der Waals surface area contributed by atoms with Crippen LogP contribution in [0.15, 0.2) is 58.4 Å². The minimum absolute atomic E-state index is 0.0398. The predicted octanol–water partition coefficient (Wildman–Crippen LogP) is 3.71. The maximum absolute atomic E-state index is 14.8. The summed E-state index contributed by atoms with van der Waals surface area (Å²) in [5.41, 5.74) is 1.11. The number of pyridine rings is 1. The van der Waals surface area contributed by atoms with Gasteiger partial charge >= 0.3 is 5.97 Å². The van der Waals surface area contributed by atoms with Crippen LogP contribution in [0.1, 0.15) is 29.2 Å². The van der Waals surface area contributed by atoms with Crippen molar-refractivity contribution < 1.29 is 23.4 Å². The summed E-state index contributed by atoms with van der Waals surface area (Å²) < 4.78 is 36.2. The minimum atomic E-state index is -1.16. The SMILES string of the molecule is COc1ccc2c(c1)C(c1c(F)cccc1F)=NC(CC(=O)O)c1cc(=O)n(C)cc1-2. The number of aliphatic imine (C=N–C) groups is 1. The molecule has 8 heteroatoms. The number of nitrogens with zero attached hydrogens (tertiary/aromatic N) is 2. The highest BCUT2D eigenvalue weighted by Gasteiger charge is 2.30. The second-order valence-electron chi connectivity index (χ2n) is 7.19. The van der Waals surface area contributed by atoms with Crippen LogP contribution in [-0.4, -0.2) is 28.5 Å². The Morgan fingerprint density at radius 2 is 1.84 bits per heavy atom. The number of carboxylic acids is 1. The third-order valence-electron chi connectivity index (χ3n) is 5.24. The van der Waals surface area contributed by atoms with Crippen molar-refractivity contribution in [1.82, 2.24) is 4.57 Å². The fourth-order valence-corrected chi connectivity index (χ4v) is 3.77. The fourth-order valence-electron chi connectivity index (χ4n) is 3.77. The van der Waals surface area contributed by atoms with Crippen molar-refractivity contribution in [2.75, 3.05) is 7.11 Å². The zero-order valence-corrected chi connectivity index (χ0v) is 16.7. The molecule has 1 aromatic heterocycles. The molecule has 0 amide bonds. The first kappa shape index (κ1) is 20.5. The molecule has 0 fully saturated rings. The molecule has 1 atom stereocenters. The first-order chi connectivity index (χ1) is 14.8. The van der Waals surface area contributed by atoms with E-state index in [0.717, 1.165) is 12.1 Å². The van der Waals surface area contributed by atoms with Gasteiger partial charge < -0.3 is 14.4 Å². The molecular formula is C23H18F2N2O4. The van der Waals surface area contributed by atoms with Crippen molar-refractivity contribution in [2.45, 2.75) is 12.5 Å². The van der Waals surface area contributed by atoms with Crippen molar-refractivity contribution in [1.29, 1.82) is 0 Å². The number of rotatable bonds is 4. The van der Waals surface area contributed by atoms with Gasteiger partial charge in [-0.05, 0) is 41.5 Å². The average Bonchev–Trinajstić information content (AvgIpc) is 2.83. The molecule has 31 heavy (non-hydrogen) atoms. The minimum Gasteiger partial charge on any atom is -0.497 e. The third-order valence-corrected chi connectivity index (χ3v) is 5.24. The number of methoxy groups -OCH3 is 1. The summed E-state index contributed by atoms with van der Waals surface area (Å²) in [7, 11) is 3.03. The van der Waals surface area contributed by atoms with Crippen LogP contribution in [0.2, 0.25) is 0 Å². The molecule has 0 saturated heterocycles. The summed E-state index contributed by atoms with van der Waals surface area (Å²) in [6.07, 6.45) is 1.12. The van der Waals surface area contributed by atoms with Crippen LogP contribution in [0.4, 0.5) is 8.78 Å². The van der Waals surface area contributed by atoms with Gasteiger partial charge in [-0.3, -0.25) is 14.6 Å². The summed E-state index contributed by atoms with van der Waals surface area (Å²) in [6.45, 7) is 0. The molecule has 0 radical (unpaired) electrons. The van der Waals surface area contributed by atoms with E-state index in [-0.39, 0.29) is 16.8 Å². The van der Waals surface area contributed by atoms with Gasteiger partial charge in [-0.1, -0.05) is 6.07 Å². The van der Waals surface area contributed by atoms with Gasteiger partial charge in [-0.25, -0.2) is 8.78 Å². The van der Waals surface area contributed by atoms with Crippen molar-refractivity contribution >= 4 is 11.7 Å². The van der Waals surface area contributed by atoms with Gasteiger partial charge in [-0.2, -0.15) is 0 Å². The van der Waals surface area contributed by atoms with E-state index in [1.807, 2.05) is 0 Å². The van der Waals surface area contributed by atoms with Crippen LogP contribution >= 0.6 is 0 Å². The second kappa shape index (κ2) is 7.79. The van der Waals surface area contributed by atoms with Crippen LogP contribution in [0.5, 0.6) is 5.75 Å². The molecule has 6 nitrogen and oxygen atoms in total. The van der Waals surface area contributed by atoms with Crippen molar-refractivity contribution in [3.63, 3.8) is 0 Å². The molecule has 0 saturated carbocycles. The molecule has 3 aromatic rings. The summed E-state index contributed by atoms with van der Waals surface area (Å²) in [5.74, 6) is -2.38. The lowest BCUT2D eigenvalue weighted by molar-refractivity contribution is -0.137. The van der Waals surface area contributed by atoms with Crippen molar-refractivity contribution in [2.24, 2.45) is 12.0 Å². The number of benzene rings is 2. The molecule has 1 N–H and O–H groups in total. The lowest BCUT2D eigenvalue weighted by Crippen LogP contribution is -2.18. The Morgan fingerprint density at radius 3 is 2.48 bits per heavy atom. The Bertz CT molecular complexity index is 1280. The summed E-state index contributed by atoms with van der Waals surface area (Å²) >= 11 is 0. The highest BCUT2D eigenvalue weighted by molar-refractivity contribution is 6.17. The standard InChI is InChI=1S/C23H18F2N2O4/c1-27-11-16-13-7-6-12(31-2)8-15(13)23(22-17(24)4-3-5-18(22)25)26-19(10-21(29)30)14(16)9-20(27)28/h3-9,11,19H,10H2,1-2H3,(H,29,30). The topological polar surface area (TPSA) is 80.9 Å². The normalized spacial score (nSPS) is 14.8. The number of aromatic nitrogens is 1. The maximum Gasteiger partial charge on any atom is 0.305 e. The first-order valence-corrected chi connectivity index (χ1v) is 9.43. The van der Waals surface area contributed by atoms with Gasteiger partial charge in [0.15, 0.2) is 0 Å². The van der Waals surface area contributed by atoms with Gasteiger partial charge in [0, 0.05) is 30.4 Å². The van der Waals surface area contributed by atoms with Gasteiger partial charge in [0.05, 0.1) is 30.8 Å².